The second-order valence-corrected chi connectivity index (χ2v) is 13.8. The van der Waals surface area contributed by atoms with Crippen LogP contribution in [0.4, 0.5) is 17.1 Å². The number of furan rings is 1. The van der Waals surface area contributed by atoms with Crippen LogP contribution in [0.2, 0.25) is 0 Å². The highest BCUT2D eigenvalue weighted by Gasteiger charge is 2.36. The maximum atomic E-state index is 7.04. The molecule has 2 nitrogen and oxygen atoms in total. The average Bonchev–Trinajstić information content (AvgIpc) is 3.64. The van der Waals surface area contributed by atoms with Crippen LogP contribution in [0, 0.1) is 0 Å². The quantitative estimate of drug-likeness (QED) is 0.193. The molecule has 0 radical (unpaired) electrons. The Bertz CT molecular complexity index is 2750. The summed E-state index contributed by atoms with van der Waals surface area (Å²) in [6.45, 7) is 4.70. The third kappa shape index (κ3) is 4.20. The number of rotatable bonds is 4. The molecule has 0 saturated heterocycles. The van der Waals surface area contributed by atoms with Crippen molar-refractivity contribution in [1.29, 1.82) is 0 Å². The summed E-state index contributed by atoms with van der Waals surface area (Å²) in [5.74, 6) is 0. The highest BCUT2D eigenvalue weighted by atomic mass is 16.3. The lowest BCUT2D eigenvalue weighted by molar-refractivity contribution is 0.660. The van der Waals surface area contributed by atoms with Crippen LogP contribution in [0.25, 0.3) is 65.7 Å². The SMILES string of the molecule is CC1(C)c2ccccc2-c2ccc(N(c3ccc4ccccc4c3)c3cc(-c4ccccc4)cc4c3oc3c5ccccc5ccc43)cc21. The average molecular weight is 628 g/mol. The van der Waals surface area contributed by atoms with E-state index in [1.54, 1.807) is 0 Å². The lowest BCUT2D eigenvalue weighted by Crippen LogP contribution is -2.16. The molecule has 0 aliphatic heterocycles. The van der Waals surface area contributed by atoms with E-state index in [9.17, 15) is 0 Å². The summed E-state index contributed by atoms with van der Waals surface area (Å²) >= 11 is 0. The topological polar surface area (TPSA) is 16.4 Å². The number of nitrogens with zero attached hydrogens (tertiary/aromatic N) is 1. The van der Waals surface area contributed by atoms with Crippen molar-refractivity contribution in [2.75, 3.05) is 4.90 Å². The molecule has 0 spiro atoms. The normalized spacial score (nSPS) is 13.3. The van der Waals surface area contributed by atoms with Crippen molar-refractivity contribution in [3.05, 3.63) is 175 Å². The van der Waals surface area contributed by atoms with Gasteiger partial charge in [-0.25, -0.2) is 0 Å². The zero-order valence-electron chi connectivity index (χ0n) is 27.4. The number of benzene rings is 8. The molecular weight excluding hydrogens is 595 g/mol. The Kier molecular flexibility index (Phi) is 5.95. The van der Waals surface area contributed by atoms with Crippen molar-refractivity contribution in [3.8, 4) is 22.3 Å². The van der Waals surface area contributed by atoms with Crippen LogP contribution in [-0.4, -0.2) is 0 Å². The maximum Gasteiger partial charge on any atom is 0.159 e. The van der Waals surface area contributed by atoms with Crippen molar-refractivity contribution in [1.82, 2.24) is 0 Å². The first-order chi connectivity index (χ1) is 24.0. The predicted molar refractivity (Wildman–Crippen MR) is 206 cm³/mol. The van der Waals surface area contributed by atoms with Crippen molar-refractivity contribution < 1.29 is 4.42 Å². The Morgan fingerprint density at radius 2 is 1.10 bits per heavy atom. The van der Waals surface area contributed by atoms with Crippen LogP contribution in [0.1, 0.15) is 25.0 Å². The van der Waals surface area contributed by atoms with Crippen LogP contribution >= 0.6 is 0 Å². The van der Waals surface area contributed by atoms with E-state index in [0.717, 1.165) is 50.0 Å². The van der Waals surface area contributed by atoms with E-state index >= 15 is 0 Å². The van der Waals surface area contributed by atoms with Gasteiger partial charge in [0.15, 0.2) is 5.58 Å². The van der Waals surface area contributed by atoms with Crippen LogP contribution < -0.4 is 4.90 Å². The van der Waals surface area contributed by atoms with Crippen molar-refractivity contribution in [3.63, 3.8) is 0 Å². The van der Waals surface area contributed by atoms with E-state index in [2.05, 4.69) is 183 Å². The molecule has 0 bridgehead atoms. The van der Waals surface area contributed by atoms with E-state index < -0.39 is 0 Å². The van der Waals surface area contributed by atoms with Gasteiger partial charge in [-0.2, -0.15) is 0 Å². The Labute approximate surface area is 285 Å². The molecule has 1 aromatic heterocycles. The fourth-order valence-corrected chi connectivity index (χ4v) is 8.13. The lowest BCUT2D eigenvalue weighted by atomic mass is 9.82. The second-order valence-electron chi connectivity index (χ2n) is 13.8. The standard InChI is InChI=1S/C47H33NO/c1-47(2)42-19-11-10-18-38(42)39-25-23-36(29-43(39)47)48(35-22-20-31-14-6-7-16-33(31)26-35)44-28-34(30-12-4-3-5-13-30)27-41-40-24-21-32-15-8-9-17-37(32)45(40)49-46(41)44/h3-29H,1-2H3. The summed E-state index contributed by atoms with van der Waals surface area (Å²) in [6.07, 6.45) is 0. The zero-order valence-corrected chi connectivity index (χ0v) is 27.4. The Hall–Kier alpha value is -6.12. The van der Waals surface area contributed by atoms with E-state index in [1.165, 1.54) is 44.0 Å². The molecule has 8 aromatic carbocycles. The number of hydrogen-bond acceptors (Lipinski definition) is 2. The third-order valence-corrected chi connectivity index (χ3v) is 10.6. The fraction of sp³-hybridized carbons (Fsp3) is 0.0638. The monoisotopic (exact) mass is 627 g/mol. The van der Waals surface area contributed by atoms with Gasteiger partial charge in [-0.1, -0.05) is 135 Å². The van der Waals surface area contributed by atoms with Gasteiger partial charge in [0.2, 0.25) is 0 Å². The molecule has 1 aliphatic carbocycles. The van der Waals surface area contributed by atoms with Crippen molar-refractivity contribution in [2.24, 2.45) is 0 Å². The second kappa shape index (κ2) is 10.4. The van der Waals surface area contributed by atoms with E-state index in [0.29, 0.717) is 0 Å². The van der Waals surface area contributed by atoms with Gasteiger partial charge in [-0.05, 0) is 92.0 Å². The summed E-state index contributed by atoms with van der Waals surface area (Å²) < 4.78 is 7.04. The molecule has 49 heavy (non-hydrogen) atoms. The Morgan fingerprint density at radius 1 is 0.429 bits per heavy atom. The largest absolute Gasteiger partial charge is 0.453 e. The maximum absolute atomic E-state index is 7.04. The van der Waals surface area contributed by atoms with Gasteiger partial charge >= 0.3 is 0 Å². The van der Waals surface area contributed by atoms with E-state index in [-0.39, 0.29) is 5.41 Å². The molecule has 0 unspecified atom stereocenters. The van der Waals surface area contributed by atoms with Crippen molar-refractivity contribution in [2.45, 2.75) is 19.3 Å². The molecule has 10 rings (SSSR count). The van der Waals surface area contributed by atoms with E-state index in [4.69, 9.17) is 4.42 Å². The Balaban J connectivity index is 1.30. The minimum atomic E-state index is -0.128. The fourth-order valence-electron chi connectivity index (χ4n) is 8.13. The summed E-state index contributed by atoms with van der Waals surface area (Å²) in [7, 11) is 0. The van der Waals surface area contributed by atoms with Gasteiger partial charge in [-0.3, -0.25) is 0 Å². The smallest absolute Gasteiger partial charge is 0.159 e. The van der Waals surface area contributed by atoms with Gasteiger partial charge < -0.3 is 9.32 Å². The highest BCUT2D eigenvalue weighted by molar-refractivity contribution is 6.18. The molecule has 0 fully saturated rings. The van der Waals surface area contributed by atoms with Gasteiger partial charge in [0.1, 0.15) is 5.58 Å². The molecule has 0 N–H and O–H groups in total. The van der Waals surface area contributed by atoms with Gasteiger partial charge in [0.05, 0.1) is 5.69 Å². The number of anilines is 3. The highest BCUT2D eigenvalue weighted by Crippen LogP contribution is 2.52. The van der Waals surface area contributed by atoms with Gasteiger partial charge in [-0.15, -0.1) is 0 Å². The lowest BCUT2D eigenvalue weighted by Gasteiger charge is -2.29. The van der Waals surface area contributed by atoms with E-state index in [1.807, 2.05) is 0 Å². The first-order valence-corrected chi connectivity index (χ1v) is 17.0. The minimum absolute atomic E-state index is 0.128. The summed E-state index contributed by atoms with van der Waals surface area (Å²) in [5, 5.41) is 6.94. The molecule has 1 aliphatic rings. The van der Waals surface area contributed by atoms with Gasteiger partial charge in [0, 0.05) is 32.9 Å². The first-order valence-electron chi connectivity index (χ1n) is 17.0. The molecule has 0 atom stereocenters. The molecule has 2 heteroatoms. The predicted octanol–water partition coefficient (Wildman–Crippen LogP) is 13.3. The molecule has 0 saturated carbocycles. The van der Waals surface area contributed by atoms with Crippen LogP contribution in [-0.2, 0) is 5.41 Å². The Morgan fingerprint density at radius 3 is 1.98 bits per heavy atom. The molecule has 0 amide bonds. The first kappa shape index (κ1) is 27.9. The molecule has 9 aromatic rings. The van der Waals surface area contributed by atoms with Crippen LogP contribution in [0.5, 0.6) is 0 Å². The summed E-state index contributed by atoms with van der Waals surface area (Å²) in [4.78, 5) is 2.41. The number of hydrogen-bond donors (Lipinski definition) is 0. The van der Waals surface area contributed by atoms with Crippen molar-refractivity contribution >= 4 is 60.5 Å². The van der Waals surface area contributed by atoms with Gasteiger partial charge in [0.25, 0.3) is 0 Å². The van der Waals surface area contributed by atoms with Crippen LogP contribution in [0.3, 0.4) is 0 Å². The summed E-state index contributed by atoms with van der Waals surface area (Å²) in [6, 6.07) is 59.5. The molecular formula is C47H33NO. The molecule has 1 heterocycles. The zero-order chi connectivity index (χ0) is 32.7. The molecule has 232 valence electrons. The number of fused-ring (bicyclic) bond motifs is 9. The minimum Gasteiger partial charge on any atom is -0.453 e. The third-order valence-electron chi connectivity index (χ3n) is 10.6. The summed E-state index contributed by atoms with van der Waals surface area (Å²) in [5.41, 5.74) is 12.5. The van der Waals surface area contributed by atoms with Crippen LogP contribution in [0.15, 0.2) is 168 Å².